The Kier molecular flexibility index (Phi) is 4.52. The van der Waals surface area contributed by atoms with Crippen LogP contribution in [-0.2, 0) is 6.54 Å². The highest BCUT2D eigenvalue weighted by Crippen LogP contribution is 2.31. The molecule has 0 aliphatic heterocycles. The summed E-state index contributed by atoms with van der Waals surface area (Å²) in [6.07, 6.45) is 0. The number of benzene rings is 1. The number of anilines is 1. The molecular formula is C15H19N3OS. The first-order valence-electron chi connectivity index (χ1n) is 6.45. The molecule has 4 nitrogen and oxygen atoms in total. The van der Waals surface area contributed by atoms with Crippen LogP contribution in [0.1, 0.15) is 22.2 Å². The van der Waals surface area contributed by atoms with E-state index in [-0.39, 0.29) is 5.78 Å². The highest BCUT2D eigenvalue weighted by atomic mass is 32.1. The predicted molar refractivity (Wildman–Crippen MR) is 84.5 cm³/mol. The number of ketones is 1. The van der Waals surface area contributed by atoms with Crippen molar-refractivity contribution in [1.29, 1.82) is 0 Å². The molecular weight excluding hydrogens is 270 g/mol. The molecule has 1 aromatic carbocycles. The molecule has 0 bridgehead atoms. The van der Waals surface area contributed by atoms with Gasteiger partial charge in [-0.3, -0.25) is 4.79 Å². The van der Waals surface area contributed by atoms with Crippen molar-refractivity contribution < 1.29 is 4.79 Å². The van der Waals surface area contributed by atoms with Crippen molar-refractivity contribution in [2.24, 2.45) is 0 Å². The molecule has 1 aromatic heterocycles. The van der Waals surface area contributed by atoms with Gasteiger partial charge in [0, 0.05) is 26.1 Å². The SMILES string of the molecule is CNc1nc(-c2ccc(CN(C)C)cc2)c(C(C)=O)s1. The first-order chi connectivity index (χ1) is 9.51. The van der Waals surface area contributed by atoms with Crippen LogP contribution in [0.3, 0.4) is 0 Å². The highest BCUT2D eigenvalue weighted by molar-refractivity contribution is 7.18. The Bertz CT molecular complexity index is 602. The molecule has 5 heteroatoms. The van der Waals surface area contributed by atoms with Gasteiger partial charge in [0.15, 0.2) is 10.9 Å². The highest BCUT2D eigenvalue weighted by Gasteiger charge is 2.16. The number of nitrogens with one attached hydrogen (secondary N) is 1. The van der Waals surface area contributed by atoms with Gasteiger partial charge in [-0.1, -0.05) is 35.6 Å². The monoisotopic (exact) mass is 289 g/mol. The maximum atomic E-state index is 11.7. The smallest absolute Gasteiger partial charge is 0.183 e. The molecule has 0 fully saturated rings. The number of thiazole rings is 1. The van der Waals surface area contributed by atoms with Crippen LogP contribution in [-0.4, -0.2) is 36.8 Å². The summed E-state index contributed by atoms with van der Waals surface area (Å²) in [5.41, 5.74) is 2.99. The third-order valence-corrected chi connectivity index (χ3v) is 4.06. The molecule has 0 saturated heterocycles. The second-order valence-electron chi connectivity index (χ2n) is 4.94. The van der Waals surface area contributed by atoms with Crippen LogP contribution in [0.25, 0.3) is 11.3 Å². The maximum absolute atomic E-state index is 11.7. The summed E-state index contributed by atoms with van der Waals surface area (Å²) in [7, 11) is 5.90. The molecule has 0 radical (unpaired) electrons. The van der Waals surface area contributed by atoms with Gasteiger partial charge >= 0.3 is 0 Å². The number of aromatic nitrogens is 1. The predicted octanol–water partition coefficient (Wildman–Crippen LogP) is 3.12. The normalized spacial score (nSPS) is 10.8. The topological polar surface area (TPSA) is 45.2 Å². The van der Waals surface area contributed by atoms with Crippen molar-refractivity contribution in [2.45, 2.75) is 13.5 Å². The zero-order chi connectivity index (χ0) is 14.7. The van der Waals surface area contributed by atoms with E-state index >= 15 is 0 Å². The third kappa shape index (κ3) is 3.23. The van der Waals surface area contributed by atoms with E-state index in [0.29, 0.717) is 4.88 Å². The summed E-state index contributed by atoms with van der Waals surface area (Å²) in [6.45, 7) is 2.48. The molecule has 2 rings (SSSR count). The van der Waals surface area contributed by atoms with Crippen LogP contribution in [0.4, 0.5) is 5.13 Å². The standard InChI is InChI=1S/C15H19N3OS/c1-10(19)14-13(17-15(16-2)20-14)12-7-5-11(6-8-12)9-18(3)4/h5-8H,9H2,1-4H3,(H,16,17). The Hall–Kier alpha value is -1.72. The van der Waals surface area contributed by atoms with E-state index in [4.69, 9.17) is 0 Å². The number of hydrogen-bond acceptors (Lipinski definition) is 5. The number of hydrogen-bond donors (Lipinski definition) is 1. The fourth-order valence-electron chi connectivity index (χ4n) is 1.99. The van der Waals surface area contributed by atoms with Gasteiger partial charge in [-0.25, -0.2) is 4.98 Å². The minimum atomic E-state index is 0.0522. The van der Waals surface area contributed by atoms with Crippen LogP contribution < -0.4 is 5.32 Å². The largest absolute Gasteiger partial charge is 0.365 e. The Labute approximate surface area is 123 Å². The molecule has 0 saturated carbocycles. The average molecular weight is 289 g/mol. The molecule has 2 aromatic rings. The van der Waals surface area contributed by atoms with Crippen LogP contribution >= 0.6 is 11.3 Å². The van der Waals surface area contributed by atoms with Crippen molar-refractivity contribution in [3.63, 3.8) is 0 Å². The molecule has 1 heterocycles. The zero-order valence-corrected chi connectivity index (χ0v) is 13.0. The summed E-state index contributed by atoms with van der Waals surface area (Å²) in [6, 6.07) is 8.22. The Morgan fingerprint density at radius 2 is 1.95 bits per heavy atom. The van der Waals surface area contributed by atoms with Crippen molar-refractivity contribution in [1.82, 2.24) is 9.88 Å². The number of carbonyl (C=O) groups excluding carboxylic acids is 1. The average Bonchev–Trinajstić information content (AvgIpc) is 2.83. The van der Waals surface area contributed by atoms with Crippen molar-refractivity contribution >= 4 is 22.3 Å². The summed E-state index contributed by atoms with van der Waals surface area (Å²) in [5, 5.41) is 3.76. The first kappa shape index (κ1) is 14.7. The molecule has 0 atom stereocenters. The third-order valence-electron chi connectivity index (χ3n) is 2.89. The van der Waals surface area contributed by atoms with E-state index in [9.17, 15) is 4.79 Å². The van der Waals surface area contributed by atoms with E-state index in [1.165, 1.54) is 16.9 Å². The van der Waals surface area contributed by atoms with Crippen LogP contribution in [0.2, 0.25) is 0 Å². The van der Waals surface area contributed by atoms with Gasteiger partial charge in [-0.2, -0.15) is 0 Å². The molecule has 0 unspecified atom stereocenters. The minimum Gasteiger partial charge on any atom is -0.365 e. The van der Waals surface area contributed by atoms with Crippen LogP contribution in [0.15, 0.2) is 24.3 Å². The van der Waals surface area contributed by atoms with Gasteiger partial charge in [0.05, 0.1) is 10.6 Å². The fourth-order valence-corrected chi connectivity index (χ4v) is 2.83. The van der Waals surface area contributed by atoms with Gasteiger partial charge in [0.2, 0.25) is 0 Å². The Balaban J connectivity index is 2.36. The van der Waals surface area contributed by atoms with Gasteiger partial charge in [0.25, 0.3) is 0 Å². The van der Waals surface area contributed by atoms with E-state index < -0.39 is 0 Å². The summed E-state index contributed by atoms with van der Waals surface area (Å²) in [4.78, 5) is 19.0. The van der Waals surface area contributed by atoms with Gasteiger partial charge < -0.3 is 10.2 Å². The number of nitrogens with zero attached hydrogens (tertiary/aromatic N) is 2. The van der Waals surface area contributed by atoms with Crippen LogP contribution in [0.5, 0.6) is 0 Å². The molecule has 20 heavy (non-hydrogen) atoms. The lowest BCUT2D eigenvalue weighted by atomic mass is 10.1. The minimum absolute atomic E-state index is 0.0522. The van der Waals surface area contributed by atoms with E-state index in [1.807, 2.05) is 33.3 Å². The lowest BCUT2D eigenvalue weighted by molar-refractivity contribution is 0.102. The number of Topliss-reactive ketones (excluding diaryl/α,β-unsaturated/α-hetero) is 1. The van der Waals surface area contributed by atoms with E-state index in [0.717, 1.165) is 22.9 Å². The van der Waals surface area contributed by atoms with E-state index in [1.54, 1.807) is 6.92 Å². The maximum Gasteiger partial charge on any atom is 0.183 e. The lowest BCUT2D eigenvalue weighted by Crippen LogP contribution is -2.10. The number of carbonyl (C=O) groups is 1. The lowest BCUT2D eigenvalue weighted by Gasteiger charge is -2.09. The number of rotatable bonds is 5. The second kappa shape index (κ2) is 6.15. The quantitative estimate of drug-likeness (QED) is 0.859. The fraction of sp³-hybridized carbons (Fsp3) is 0.333. The van der Waals surface area contributed by atoms with Crippen molar-refractivity contribution in [2.75, 3.05) is 26.5 Å². The second-order valence-corrected chi connectivity index (χ2v) is 5.94. The first-order valence-corrected chi connectivity index (χ1v) is 7.26. The van der Waals surface area contributed by atoms with Gasteiger partial charge in [0.1, 0.15) is 0 Å². The molecule has 0 amide bonds. The molecule has 1 N–H and O–H groups in total. The summed E-state index contributed by atoms with van der Waals surface area (Å²) in [5.74, 6) is 0.0522. The molecule has 0 aliphatic carbocycles. The summed E-state index contributed by atoms with van der Waals surface area (Å²) < 4.78 is 0. The molecule has 0 spiro atoms. The zero-order valence-electron chi connectivity index (χ0n) is 12.2. The molecule has 0 aliphatic rings. The van der Waals surface area contributed by atoms with E-state index in [2.05, 4.69) is 27.3 Å². The Morgan fingerprint density at radius 3 is 2.45 bits per heavy atom. The molecule has 106 valence electrons. The van der Waals surface area contributed by atoms with Crippen LogP contribution in [0, 0.1) is 0 Å². The van der Waals surface area contributed by atoms with Gasteiger partial charge in [-0.05, 0) is 19.7 Å². The van der Waals surface area contributed by atoms with Gasteiger partial charge in [-0.15, -0.1) is 0 Å². The van der Waals surface area contributed by atoms with Crippen molar-refractivity contribution in [3.05, 3.63) is 34.7 Å². The summed E-state index contributed by atoms with van der Waals surface area (Å²) >= 11 is 1.40. The van der Waals surface area contributed by atoms with Crippen molar-refractivity contribution in [3.8, 4) is 11.3 Å². The Morgan fingerprint density at radius 1 is 1.30 bits per heavy atom.